The molecule has 1 aromatic heterocycles. The van der Waals surface area contributed by atoms with E-state index in [9.17, 15) is 10.1 Å². The molecule has 2 atom stereocenters. The summed E-state index contributed by atoms with van der Waals surface area (Å²) in [6, 6.07) is 9.88. The first-order valence-electron chi connectivity index (χ1n) is 8.81. The van der Waals surface area contributed by atoms with Gasteiger partial charge in [-0.15, -0.1) is 11.3 Å². The van der Waals surface area contributed by atoms with Crippen LogP contribution in [0.25, 0.3) is 0 Å². The fraction of sp³-hybridized carbons (Fsp3) is 0.400. The smallest absolute Gasteiger partial charge is 0.238 e. The van der Waals surface area contributed by atoms with E-state index in [1.54, 1.807) is 11.3 Å². The fourth-order valence-electron chi connectivity index (χ4n) is 3.24. The van der Waals surface area contributed by atoms with Crippen LogP contribution in [0.4, 0.5) is 5.00 Å². The first-order chi connectivity index (χ1) is 12.5. The molecule has 0 saturated carbocycles. The summed E-state index contributed by atoms with van der Waals surface area (Å²) in [4.78, 5) is 13.6. The number of rotatable bonds is 5. The molecule has 0 bridgehead atoms. The summed E-state index contributed by atoms with van der Waals surface area (Å²) < 4.78 is 0. The lowest BCUT2D eigenvalue weighted by Crippen LogP contribution is -2.30. The van der Waals surface area contributed by atoms with E-state index in [1.807, 2.05) is 31.2 Å². The van der Waals surface area contributed by atoms with Gasteiger partial charge in [0.1, 0.15) is 11.1 Å². The van der Waals surface area contributed by atoms with E-state index < -0.39 is 0 Å². The van der Waals surface area contributed by atoms with E-state index >= 15 is 0 Å². The van der Waals surface area contributed by atoms with Crippen LogP contribution in [-0.2, 0) is 17.6 Å². The third-order valence-electron chi connectivity index (χ3n) is 4.82. The van der Waals surface area contributed by atoms with Gasteiger partial charge < -0.3 is 10.6 Å². The number of thiophene rings is 1. The van der Waals surface area contributed by atoms with Crippen molar-refractivity contribution in [1.82, 2.24) is 5.32 Å². The lowest BCUT2D eigenvalue weighted by atomic mass is 9.89. The molecule has 0 radical (unpaired) electrons. The third kappa shape index (κ3) is 4.27. The van der Waals surface area contributed by atoms with Gasteiger partial charge >= 0.3 is 0 Å². The molecule has 0 saturated heterocycles. The summed E-state index contributed by atoms with van der Waals surface area (Å²) in [6.07, 6.45) is 3.03. The zero-order valence-electron chi connectivity index (χ0n) is 14.9. The van der Waals surface area contributed by atoms with Crippen LogP contribution in [0.15, 0.2) is 24.3 Å². The van der Waals surface area contributed by atoms with Gasteiger partial charge in [-0.25, -0.2) is 0 Å². The van der Waals surface area contributed by atoms with Crippen LogP contribution in [0.1, 0.15) is 47.9 Å². The number of carbonyl (C=O) groups is 1. The van der Waals surface area contributed by atoms with Gasteiger partial charge in [0, 0.05) is 15.9 Å². The SMILES string of the molecule is C[C@H]1CCc2c(sc(NC(=O)CN[C@@H](C)c3ccc(Cl)cc3)c2C#N)C1. The molecule has 0 aliphatic heterocycles. The van der Waals surface area contributed by atoms with Crippen molar-refractivity contribution in [2.24, 2.45) is 5.92 Å². The minimum Gasteiger partial charge on any atom is -0.315 e. The molecule has 0 unspecified atom stereocenters. The van der Waals surface area contributed by atoms with Crippen molar-refractivity contribution in [2.45, 2.75) is 39.2 Å². The molecule has 2 aromatic rings. The van der Waals surface area contributed by atoms with Crippen LogP contribution >= 0.6 is 22.9 Å². The van der Waals surface area contributed by atoms with Crippen molar-refractivity contribution in [3.63, 3.8) is 0 Å². The summed E-state index contributed by atoms with van der Waals surface area (Å²) in [5.74, 6) is 0.507. The molecule has 0 spiro atoms. The number of nitrogens with zero attached hydrogens (tertiary/aromatic N) is 1. The Bertz CT molecular complexity index is 838. The Morgan fingerprint density at radius 1 is 1.42 bits per heavy atom. The van der Waals surface area contributed by atoms with Gasteiger partial charge in [0.05, 0.1) is 12.1 Å². The highest BCUT2D eigenvalue weighted by Crippen LogP contribution is 2.39. The number of hydrogen-bond acceptors (Lipinski definition) is 4. The number of hydrogen-bond donors (Lipinski definition) is 2. The van der Waals surface area contributed by atoms with E-state index in [1.165, 1.54) is 4.88 Å². The second-order valence-corrected chi connectivity index (χ2v) is 8.41. The van der Waals surface area contributed by atoms with Crippen LogP contribution in [0, 0.1) is 17.2 Å². The number of halogens is 1. The second-order valence-electron chi connectivity index (χ2n) is 6.87. The number of benzene rings is 1. The molecule has 1 aliphatic rings. The second kappa shape index (κ2) is 8.22. The predicted octanol–water partition coefficient (Wildman–Crippen LogP) is 4.69. The van der Waals surface area contributed by atoms with Gasteiger partial charge in [0.15, 0.2) is 0 Å². The third-order valence-corrected chi connectivity index (χ3v) is 6.24. The Hall–Kier alpha value is -1.87. The molecule has 1 aromatic carbocycles. The number of nitriles is 1. The van der Waals surface area contributed by atoms with Crippen LogP contribution < -0.4 is 10.6 Å². The molecule has 4 nitrogen and oxygen atoms in total. The maximum atomic E-state index is 12.4. The molecular formula is C20H22ClN3OS. The van der Waals surface area contributed by atoms with E-state index in [4.69, 9.17) is 11.6 Å². The maximum Gasteiger partial charge on any atom is 0.238 e. The highest BCUT2D eigenvalue weighted by atomic mass is 35.5. The van der Waals surface area contributed by atoms with E-state index in [0.29, 0.717) is 21.5 Å². The van der Waals surface area contributed by atoms with Crippen molar-refractivity contribution < 1.29 is 4.79 Å². The maximum absolute atomic E-state index is 12.4. The fourth-order valence-corrected chi connectivity index (χ4v) is 4.75. The molecule has 1 heterocycles. The van der Waals surface area contributed by atoms with Crippen LogP contribution in [0.3, 0.4) is 0 Å². The Kier molecular flexibility index (Phi) is 5.98. The van der Waals surface area contributed by atoms with Crippen molar-refractivity contribution in [3.05, 3.63) is 50.9 Å². The van der Waals surface area contributed by atoms with Crippen molar-refractivity contribution >= 4 is 33.8 Å². The largest absolute Gasteiger partial charge is 0.315 e. The molecule has 6 heteroatoms. The lowest BCUT2D eigenvalue weighted by molar-refractivity contribution is -0.115. The topological polar surface area (TPSA) is 64.9 Å². The first kappa shape index (κ1) is 18.9. The Morgan fingerprint density at radius 2 is 2.15 bits per heavy atom. The summed E-state index contributed by atoms with van der Waals surface area (Å²) >= 11 is 7.46. The minimum absolute atomic E-state index is 0.0332. The Morgan fingerprint density at radius 3 is 2.85 bits per heavy atom. The van der Waals surface area contributed by atoms with Crippen molar-refractivity contribution in [1.29, 1.82) is 5.26 Å². The number of anilines is 1. The number of carbonyl (C=O) groups excluding carboxylic acids is 1. The first-order valence-corrected chi connectivity index (χ1v) is 10.0. The summed E-state index contributed by atoms with van der Waals surface area (Å²) in [7, 11) is 0. The molecule has 2 N–H and O–H groups in total. The molecule has 1 amide bonds. The average molecular weight is 388 g/mol. The van der Waals surface area contributed by atoms with Gasteiger partial charge in [-0.05, 0) is 55.4 Å². The van der Waals surface area contributed by atoms with Crippen LogP contribution in [0.5, 0.6) is 0 Å². The molecular weight excluding hydrogens is 366 g/mol. The lowest BCUT2D eigenvalue weighted by Gasteiger charge is -2.17. The van der Waals surface area contributed by atoms with Gasteiger partial charge in [-0.1, -0.05) is 30.7 Å². The van der Waals surface area contributed by atoms with Crippen LogP contribution in [0.2, 0.25) is 5.02 Å². The number of nitrogens with one attached hydrogen (secondary N) is 2. The van der Waals surface area contributed by atoms with Gasteiger partial charge in [-0.2, -0.15) is 5.26 Å². The molecule has 26 heavy (non-hydrogen) atoms. The number of fused-ring (bicyclic) bond motifs is 1. The standard InChI is InChI=1S/C20H22ClN3OS/c1-12-3-8-16-17(10-22)20(26-18(16)9-12)24-19(25)11-23-13(2)14-4-6-15(21)7-5-14/h4-7,12-13,23H,3,8-9,11H2,1-2H3,(H,24,25)/t12-,13-/m0/s1. The predicted molar refractivity (Wildman–Crippen MR) is 107 cm³/mol. The summed E-state index contributed by atoms with van der Waals surface area (Å²) in [5.41, 5.74) is 2.85. The monoisotopic (exact) mass is 387 g/mol. The summed E-state index contributed by atoms with van der Waals surface area (Å²) in [5, 5.41) is 17.0. The van der Waals surface area contributed by atoms with Crippen molar-refractivity contribution in [3.8, 4) is 6.07 Å². The normalized spacial score (nSPS) is 17.2. The number of amides is 1. The van der Waals surface area contributed by atoms with Gasteiger partial charge in [0.2, 0.25) is 5.91 Å². The Labute approximate surface area is 163 Å². The van der Waals surface area contributed by atoms with E-state index in [0.717, 1.165) is 30.4 Å². The Balaban J connectivity index is 1.62. The molecule has 0 fully saturated rings. The highest BCUT2D eigenvalue weighted by molar-refractivity contribution is 7.16. The zero-order chi connectivity index (χ0) is 18.7. The average Bonchev–Trinajstić information content (AvgIpc) is 2.96. The summed E-state index contributed by atoms with van der Waals surface area (Å²) in [6.45, 7) is 4.42. The van der Waals surface area contributed by atoms with E-state index in [2.05, 4.69) is 23.6 Å². The quantitative estimate of drug-likeness (QED) is 0.782. The van der Waals surface area contributed by atoms with Crippen molar-refractivity contribution in [2.75, 3.05) is 11.9 Å². The zero-order valence-corrected chi connectivity index (χ0v) is 16.5. The van der Waals surface area contributed by atoms with Crippen LogP contribution in [-0.4, -0.2) is 12.5 Å². The molecule has 136 valence electrons. The van der Waals surface area contributed by atoms with Gasteiger partial charge in [-0.3, -0.25) is 4.79 Å². The molecule has 1 aliphatic carbocycles. The highest BCUT2D eigenvalue weighted by Gasteiger charge is 2.24. The minimum atomic E-state index is -0.131. The van der Waals surface area contributed by atoms with Gasteiger partial charge in [0.25, 0.3) is 0 Å². The van der Waals surface area contributed by atoms with E-state index in [-0.39, 0.29) is 18.5 Å². The molecule has 3 rings (SSSR count).